The zero-order valence-electron chi connectivity index (χ0n) is 19.2. The number of benzene rings is 1. The Morgan fingerprint density at radius 3 is 2.25 bits per heavy atom. The van der Waals surface area contributed by atoms with Crippen molar-refractivity contribution >= 4 is 29.4 Å². The smallest absolute Gasteiger partial charge is 0.355 e. The molecule has 0 aliphatic rings. The van der Waals surface area contributed by atoms with Gasteiger partial charge in [-0.25, -0.2) is 9.59 Å². The lowest BCUT2D eigenvalue weighted by Crippen LogP contribution is -2.40. The Hall–Kier alpha value is -3.62. The molecule has 0 saturated heterocycles. The average molecular weight is 444 g/mol. The minimum atomic E-state index is -1.14. The number of ether oxygens (including phenoxy) is 2. The van der Waals surface area contributed by atoms with E-state index in [1.165, 1.54) is 6.92 Å². The number of H-pyrrole nitrogens is 1. The highest BCUT2D eigenvalue weighted by Crippen LogP contribution is 2.21. The second-order valence-electron chi connectivity index (χ2n) is 7.43. The van der Waals surface area contributed by atoms with Crippen LogP contribution in [0.2, 0.25) is 0 Å². The van der Waals surface area contributed by atoms with Gasteiger partial charge in [-0.05, 0) is 58.2 Å². The summed E-state index contributed by atoms with van der Waals surface area (Å²) in [5, 5.41) is 5.23. The highest BCUT2D eigenvalue weighted by molar-refractivity contribution is 6.00. The van der Waals surface area contributed by atoms with Gasteiger partial charge in [0, 0.05) is 11.4 Å². The van der Waals surface area contributed by atoms with Gasteiger partial charge < -0.3 is 25.1 Å². The van der Waals surface area contributed by atoms with Crippen LogP contribution in [0.15, 0.2) is 18.2 Å². The summed E-state index contributed by atoms with van der Waals surface area (Å²) in [6.07, 6.45) is -1.14. The topological polar surface area (TPSA) is 127 Å². The normalized spacial score (nSPS) is 11.4. The van der Waals surface area contributed by atoms with Crippen molar-refractivity contribution in [3.8, 4) is 0 Å². The van der Waals surface area contributed by atoms with E-state index in [1.54, 1.807) is 20.8 Å². The third-order valence-corrected chi connectivity index (χ3v) is 4.94. The van der Waals surface area contributed by atoms with E-state index in [-0.39, 0.29) is 24.4 Å². The van der Waals surface area contributed by atoms with Crippen LogP contribution < -0.4 is 10.6 Å². The maximum atomic E-state index is 12.6. The summed E-state index contributed by atoms with van der Waals surface area (Å²) in [4.78, 5) is 52.0. The molecule has 0 fully saturated rings. The Morgan fingerprint density at radius 2 is 1.66 bits per heavy atom. The van der Waals surface area contributed by atoms with Gasteiger partial charge in [-0.15, -0.1) is 0 Å². The molecule has 2 aromatic rings. The fourth-order valence-electron chi connectivity index (χ4n) is 3.24. The van der Waals surface area contributed by atoms with E-state index in [2.05, 4.69) is 15.6 Å². The number of carbonyl (C=O) groups excluding carboxylic acids is 4. The molecule has 0 unspecified atom stereocenters. The lowest BCUT2D eigenvalue weighted by molar-refractivity contribution is -0.130. The van der Waals surface area contributed by atoms with Crippen molar-refractivity contribution in [1.29, 1.82) is 0 Å². The van der Waals surface area contributed by atoms with E-state index in [0.717, 1.165) is 11.1 Å². The first-order valence-corrected chi connectivity index (χ1v) is 10.3. The van der Waals surface area contributed by atoms with Gasteiger partial charge in [0.25, 0.3) is 5.91 Å². The first kappa shape index (κ1) is 24.6. The van der Waals surface area contributed by atoms with E-state index in [0.29, 0.717) is 16.9 Å². The van der Waals surface area contributed by atoms with Crippen molar-refractivity contribution in [3.63, 3.8) is 0 Å². The van der Waals surface area contributed by atoms with Gasteiger partial charge in [-0.1, -0.05) is 18.2 Å². The van der Waals surface area contributed by atoms with Crippen LogP contribution >= 0.6 is 0 Å². The lowest BCUT2D eigenvalue weighted by Gasteiger charge is -2.15. The summed E-state index contributed by atoms with van der Waals surface area (Å²) in [6, 6.07) is 5.64. The summed E-state index contributed by atoms with van der Waals surface area (Å²) in [6.45, 7) is 9.97. The third kappa shape index (κ3) is 5.75. The second kappa shape index (κ2) is 10.6. The zero-order valence-corrected chi connectivity index (χ0v) is 19.2. The van der Waals surface area contributed by atoms with Crippen LogP contribution in [0.25, 0.3) is 0 Å². The summed E-state index contributed by atoms with van der Waals surface area (Å²) in [5.74, 6) is -2.35. The van der Waals surface area contributed by atoms with Gasteiger partial charge in [0.2, 0.25) is 5.91 Å². The molecule has 9 heteroatoms. The molecule has 0 bridgehead atoms. The number of rotatable bonds is 8. The van der Waals surface area contributed by atoms with Gasteiger partial charge in [-0.3, -0.25) is 9.59 Å². The van der Waals surface area contributed by atoms with Crippen LogP contribution in [0, 0.1) is 27.7 Å². The van der Waals surface area contributed by atoms with Gasteiger partial charge in [-0.2, -0.15) is 0 Å². The van der Waals surface area contributed by atoms with Gasteiger partial charge in [0.15, 0.2) is 6.10 Å². The number of aromatic nitrogens is 1. The first-order valence-electron chi connectivity index (χ1n) is 10.3. The number of amides is 2. The second-order valence-corrected chi connectivity index (χ2v) is 7.43. The molecule has 0 aliphatic heterocycles. The number of hydrogen-bond acceptors (Lipinski definition) is 6. The third-order valence-electron chi connectivity index (χ3n) is 4.94. The molecule has 172 valence electrons. The summed E-state index contributed by atoms with van der Waals surface area (Å²) in [5.41, 5.74) is 3.65. The summed E-state index contributed by atoms with van der Waals surface area (Å²) < 4.78 is 10.2. The van der Waals surface area contributed by atoms with Crippen LogP contribution in [-0.4, -0.2) is 48.0 Å². The van der Waals surface area contributed by atoms with Crippen molar-refractivity contribution in [1.82, 2.24) is 10.3 Å². The van der Waals surface area contributed by atoms with Crippen molar-refractivity contribution in [2.75, 3.05) is 18.5 Å². The predicted octanol–water partition coefficient (Wildman–Crippen LogP) is 2.73. The number of esters is 2. The highest BCUT2D eigenvalue weighted by Gasteiger charge is 2.26. The number of aromatic amines is 1. The highest BCUT2D eigenvalue weighted by atomic mass is 16.5. The molecule has 0 spiro atoms. The molecule has 1 heterocycles. The molecular formula is C23H29N3O6. The molecule has 1 aromatic heterocycles. The van der Waals surface area contributed by atoms with Crippen LogP contribution in [0.1, 0.15) is 57.1 Å². The largest absolute Gasteiger partial charge is 0.461 e. The molecule has 0 radical (unpaired) electrons. The van der Waals surface area contributed by atoms with E-state index in [4.69, 9.17) is 9.47 Å². The molecule has 0 saturated carbocycles. The number of anilines is 1. The van der Waals surface area contributed by atoms with Crippen molar-refractivity contribution in [3.05, 3.63) is 51.8 Å². The molecular weight excluding hydrogens is 414 g/mol. The molecule has 0 aliphatic carbocycles. The van der Waals surface area contributed by atoms with Gasteiger partial charge in [0.1, 0.15) is 5.69 Å². The fourth-order valence-corrected chi connectivity index (χ4v) is 3.24. The van der Waals surface area contributed by atoms with E-state index in [1.807, 2.05) is 32.0 Å². The van der Waals surface area contributed by atoms with Gasteiger partial charge >= 0.3 is 11.9 Å². The molecule has 32 heavy (non-hydrogen) atoms. The predicted molar refractivity (Wildman–Crippen MR) is 119 cm³/mol. The average Bonchev–Trinajstić information content (AvgIpc) is 3.03. The van der Waals surface area contributed by atoms with Crippen LogP contribution in [0.3, 0.4) is 0 Å². The Labute approximate surface area is 186 Å². The first-order chi connectivity index (χ1) is 15.1. The Bertz CT molecular complexity index is 1020. The van der Waals surface area contributed by atoms with Gasteiger partial charge in [0.05, 0.1) is 18.7 Å². The minimum Gasteiger partial charge on any atom is -0.461 e. The SMILES string of the molecule is CCOC(=O)c1[nH]c(C)c(C(=O)O[C@H](C)C(=O)NCC(=O)Nc2c(C)cccc2C)c1C. The minimum absolute atomic E-state index is 0.163. The Morgan fingerprint density at radius 1 is 1.03 bits per heavy atom. The maximum absolute atomic E-state index is 12.6. The summed E-state index contributed by atoms with van der Waals surface area (Å²) >= 11 is 0. The number of aryl methyl sites for hydroxylation is 3. The number of para-hydroxylation sites is 1. The monoisotopic (exact) mass is 443 g/mol. The maximum Gasteiger partial charge on any atom is 0.355 e. The molecule has 2 rings (SSSR count). The molecule has 1 aromatic carbocycles. The number of nitrogens with one attached hydrogen (secondary N) is 3. The van der Waals surface area contributed by atoms with Crippen LogP contribution in [0.4, 0.5) is 5.69 Å². The molecule has 9 nitrogen and oxygen atoms in total. The fraction of sp³-hybridized carbons (Fsp3) is 0.391. The van der Waals surface area contributed by atoms with E-state index < -0.39 is 29.9 Å². The lowest BCUT2D eigenvalue weighted by atomic mass is 10.1. The number of carbonyl (C=O) groups is 4. The van der Waals surface area contributed by atoms with Crippen molar-refractivity contribution in [2.24, 2.45) is 0 Å². The molecule has 2 amide bonds. The summed E-state index contributed by atoms with van der Waals surface area (Å²) in [7, 11) is 0. The molecule has 3 N–H and O–H groups in total. The standard InChI is InChI=1S/C23H29N3O6/c1-7-31-23(30)20-14(4)18(15(5)25-20)22(29)32-16(6)21(28)24-11-17(27)26-19-12(2)9-8-10-13(19)3/h8-10,16,25H,7,11H2,1-6H3,(H,24,28)(H,26,27)/t16-/m1/s1. The Balaban J connectivity index is 1.96. The van der Waals surface area contributed by atoms with Crippen molar-refractivity contribution in [2.45, 2.75) is 47.6 Å². The number of hydrogen-bond donors (Lipinski definition) is 3. The zero-order chi connectivity index (χ0) is 24.0. The Kier molecular flexibility index (Phi) is 8.17. The van der Waals surface area contributed by atoms with Crippen LogP contribution in [-0.2, 0) is 19.1 Å². The van der Waals surface area contributed by atoms with E-state index in [9.17, 15) is 19.2 Å². The van der Waals surface area contributed by atoms with E-state index >= 15 is 0 Å². The quantitative estimate of drug-likeness (QED) is 0.539. The van der Waals surface area contributed by atoms with Crippen LogP contribution in [0.5, 0.6) is 0 Å². The van der Waals surface area contributed by atoms with Crippen molar-refractivity contribution < 1.29 is 28.7 Å². The molecule has 1 atom stereocenters.